The third-order valence-electron chi connectivity index (χ3n) is 3.54. The van der Waals surface area contributed by atoms with E-state index in [0.29, 0.717) is 0 Å². The molecule has 17 heavy (non-hydrogen) atoms. The van der Waals surface area contributed by atoms with Crippen LogP contribution in [0.4, 0.5) is 5.69 Å². The largest absolute Gasteiger partial charge is 0.324 e. The van der Waals surface area contributed by atoms with Gasteiger partial charge in [-0.1, -0.05) is 31.9 Å². The summed E-state index contributed by atoms with van der Waals surface area (Å²) in [7, 11) is 0. The van der Waals surface area contributed by atoms with Gasteiger partial charge in [-0.2, -0.15) is 0 Å². The summed E-state index contributed by atoms with van der Waals surface area (Å²) in [6.07, 6.45) is 4.67. The van der Waals surface area contributed by atoms with Crippen LogP contribution >= 0.6 is 0 Å². The molecular formula is C14H20N2O. The van der Waals surface area contributed by atoms with Crippen LogP contribution in [0.25, 0.3) is 0 Å². The van der Waals surface area contributed by atoms with Crippen molar-refractivity contribution < 1.29 is 4.79 Å². The van der Waals surface area contributed by atoms with Gasteiger partial charge in [0.25, 0.3) is 0 Å². The maximum atomic E-state index is 12.1. The van der Waals surface area contributed by atoms with Gasteiger partial charge in [0.1, 0.15) is 0 Å². The van der Waals surface area contributed by atoms with Gasteiger partial charge >= 0.3 is 0 Å². The predicted octanol–water partition coefficient (Wildman–Crippen LogP) is 2.46. The van der Waals surface area contributed by atoms with Gasteiger partial charge in [-0.05, 0) is 37.0 Å². The Morgan fingerprint density at radius 3 is 2.76 bits per heavy atom. The Bertz CT molecular complexity index is 408. The highest BCUT2D eigenvalue weighted by Crippen LogP contribution is 2.28. The summed E-state index contributed by atoms with van der Waals surface area (Å²) >= 11 is 0. The van der Waals surface area contributed by atoms with E-state index in [-0.39, 0.29) is 5.91 Å². The van der Waals surface area contributed by atoms with Crippen LogP contribution in [0.3, 0.4) is 0 Å². The van der Waals surface area contributed by atoms with E-state index in [1.807, 2.05) is 18.2 Å². The van der Waals surface area contributed by atoms with Gasteiger partial charge < -0.3 is 11.1 Å². The molecule has 1 amide bonds. The van der Waals surface area contributed by atoms with Gasteiger partial charge in [0.05, 0.1) is 5.54 Å². The van der Waals surface area contributed by atoms with Crippen LogP contribution in [0, 0.1) is 0 Å². The van der Waals surface area contributed by atoms with Crippen molar-refractivity contribution in [2.24, 2.45) is 5.73 Å². The number of carbonyl (C=O) groups is 1. The Morgan fingerprint density at radius 1 is 1.41 bits per heavy atom. The predicted molar refractivity (Wildman–Crippen MR) is 69.8 cm³/mol. The minimum absolute atomic E-state index is 0.0387. The number of amides is 1. The Labute approximate surface area is 102 Å². The molecule has 1 aromatic rings. The molecule has 0 aliphatic heterocycles. The van der Waals surface area contributed by atoms with Crippen LogP contribution in [-0.4, -0.2) is 11.4 Å². The topological polar surface area (TPSA) is 55.1 Å². The molecule has 3 heteroatoms. The average molecular weight is 232 g/mol. The first kappa shape index (κ1) is 12.1. The zero-order valence-corrected chi connectivity index (χ0v) is 10.3. The fraction of sp³-hybridized carbons (Fsp3) is 0.500. The lowest BCUT2D eigenvalue weighted by molar-refractivity contribution is -0.121. The number of hydrogen-bond acceptors (Lipinski definition) is 2. The number of anilines is 1. The summed E-state index contributed by atoms with van der Waals surface area (Å²) in [5.41, 5.74) is 7.53. The van der Waals surface area contributed by atoms with Crippen molar-refractivity contribution in [1.29, 1.82) is 0 Å². The molecule has 0 saturated heterocycles. The summed E-state index contributed by atoms with van der Waals surface area (Å²) in [5.74, 6) is -0.0387. The van der Waals surface area contributed by atoms with E-state index in [2.05, 4.69) is 18.3 Å². The zero-order valence-electron chi connectivity index (χ0n) is 10.3. The van der Waals surface area contributed by atoms with Crippen molar-refractivity contribution in [1.82, 2.24) is 0 Å². The molecule has 3 nitrogen and oxygen atoms in total. The lowest BCUT2D eigenvalue weighted by atomic mass is 9.98. The Morgan fingerprint density at radius 2 is 2.12 bits per heavy atom. The fourth-order valence-corrected chi connectivity index (χ4v) is 2.36. The van der Waals surface area contributed by atoms with Crippen molar-refractivity contribution in [2.45, 2.75) is 44.6 Å². The molecule has 1 aliphatic rings. The van der Waals surface area contributed by atoms with Crippen LogP contribution in [0.15, 0.2) is 24.3 Å². The number of hydrogen-bond donors (Lipinski definition) is 2. The molecule has 1 saturated carbocycles. The van der Waals surface area contributed by atoms with Crippen LogP contribution < -0.4 is 11.1 Å². The Balaban J connectivity index is 2.07. The van der Waals surface area contributed by atoms with E-state index in [4.69, 9.17) is 5.73 Å². The maximum Gasteiger partial charge on any atom is 0.244 e. The first-order valence-corrected chi connectivity index (χ1v) is 6.33. The van der Waals surface area contributed by atoms with Gasteiger partial charge in [0.15, 0.2) is 0 Å². The van der Waals surface area contributed by atoms with Gasteiger partial charge in [-0.25, -0.2) is 0 Å². The van der Waals surface area contributed by atoms with E-state index in [9.17, 15) is 4.79 Å². The van der Waals surface area contributed by atoms with Gasteiger partial charge in [0, 0.05) is 5.69 Å². The summed E-state index contributed by atoms with van der Waals surface area (Å²) in [6, 6.07) is 7.95. The molecule has 1 fully saturated rings. The molecule has 0 unspecified atom stereocenters. The van der Waals surface area contributed by atoms with E-state index in [0.717, 1.165) is 37.8 Å². The molecule has 2 rings (SSSR count). The minimum Gasteiger partial charge on any atom is -0.324 e. The van der Waals surface area contributed by atoms with Crippen molar-refractivity contribution in [3.63, 3.8) is 0 Å². The number of aryl methyl sites for hydroxylation is 1. The summed E-state index contributed by atoms with van der Waals surface area (Å²) in [5, 5.41) is 2.94. The molecular weight excluding hydrogens is 212 g/mol. The van der Waals surface area contributed by atoms with Crippen LogP contribution in [0.2, 0.25) is 0 Å². The summed E-state index contributed by atoms with van der Waals surface area (Å²) in [4.78, 5) is 12.1. The number of nitrogens with two attached hydrogens (primary N) is 1. The number of benzene rings is 1. The number of carbonyl (C=O) groups excluding carboxylic acids is 1. The third-order valence-corrected chi connectivity index (χ3v) is 3.54. The quantitative estimate of drug-likeness (QED) is 0.841. The molecule has 1 aliphatic carbocycles. The smallest absolute Gasteiger partial charge is 0.244 e. The van der Waals surface area contributed by atoms with Gasteiger partial charge in [-0.15, -0.1) is 0 Å². The van der Waals surface area contributed by atoms with E-state index in [1.165, 1.54) is 5.56 Å². The SMILES string of the molecule is CCc1cccc(NC(=O)C2(N)CCCC2)c1. The monoisotopic (exact) mass is 232 g/mol. The van der Waals surface area contributed by atoms with Crippen LogP contribution in [0.5, 0.6) is 0 Å². The molecule has 3 N–H and O–H groups in total. The summed E-state index contributed by atoms with van der Waals surface area (Å²) in [6.45, 7) is 2.10. The standard InChI is InChI=1S/C14H20N2O/c1-2-11-6-5-7-12(10-11)16-13(17)14(15)8-3-4-9-14/h5-7,10H,2-4,8-9,15H2,1H3,(H,16,17). The van der Waals surface area contributed by atoms with Crippen molar-refractivity contribution in [2.75, 3.05) is 5.32 Å². The van der Waals surface area contributed by atoms with Gasteiger partial charge in [-0.3, -0.25) is 4.79 Å². The van der Waals surface area contributed by atoms with Crippen molar-refractivity contribution in [3.8, 4) is 0 Å². The van der Waals surface area contributed by atoms with E-state index < -0.39 is 5.54 Å². The lowest BCUT2D eigenvalue weighted by Crippen LogP contribution is -2.48. The molecule has 0 aromatic heterocycles. The highest BCUT2D eigenvalue weighted by molar-refractivity contribution is 5.98. The zero-order chi connectivity index (χ0) is 12.3. The Hall–Kier alpha value is -1.35. The molecule has 0 bridgehead atoms. The van der Waals surface area contributed by atoms with Crippen molar-refractivity contribution >= 4 is 11.6 Å². The maximum absolute atomic E-state index is 12.1. The highest BCUT2D eigenvalue weighted by atomic mass is 16.2. The first-order valence-electron chi connectivity index (χ1n) is 6.33. The lowest BCUT2D eigenvalue weighted by Gasteiger charge is -2.22. The second kappa shape index (κ2) is 4.88. The highest BCUT2D eigenvalue weighted by Gasteiger charge is 2.36. The van der Waals surface area contributed by atoms with Crippen molar-refractivity contribution in [3.05, 3.63) is 29.8 Å². The molecule has 0 radical (unpaired) electrons. The Kier molecular flexibility index (Phi) is 3.48. The van der Waals surface area contributed by atoms with Gasteiger partial charge in [0.2, 0.25) is 5.91 Å². The second-order valence-electron chi connectivity index (χ2n) is 4.87. The molecule has 92 valence electrons. The number of nitrogens with one attached hydrogen (secondary N) is 1. The molecule has 0 spiro atoms. The van der Waals surface area contributed by atoms with Crippen LogP contribution in [0.1, 0.15) is 38.2 Å². The summed E-state index contributed by atoms with van der Waals surface area (Å²) < 4.78 is 0. The second-order valence-corrected chi connectivity index (χ2v) is 4.87. The van der Waals surface area contributed by atoms with Crippen LogP contribution in [-0.2, 0) is 11.2 Å². The third kappa shape index (κ3) is 2.67. The normalized spacial score (nSPS) is 18.0. The average Bonchev–Trinajstić information content (AvgIpc) is 2.78. The minimum atomic E-state index is -0.651. The first-order chi connectivity index (χ1) is 8.14. The van der Waals surface area contributed by atoms with E-state index in [1.54, 1.807) is 0 Å². The molecule has 0 atom stereocenters. The fourth-order valence-electron chi connectivity index (χ4n) is 2.36. The molecule has 1 aromatic carbocycles. The number of rotatable bonds is 3. The van der Waals surface area contributed by atoms with E-state index >= 15 is 0 Å². The molecule has 0 heterocycles.